The van der Waals surface area contributed by atoms with E-state index in [2.05, 4.69) is 36.2 Å². The van der Waals surface area contributed by atoms with Crippen molar-refractivity contribution >= 4 is 5.82 Å². The summed E-state index contributed by atoms with van der Waals surface area (Å²) in [5, 5.41) is 18.2. The summed E-state index contributed by atoms with van der Waals surface area (Å²) < 4.78 is 2.07. The molecule has 3 aromatic heterocycles. The summed E-state index contributed by atoms with van der Waals surface area (Å²) in [5.41, 5.74) is 4.59. The Hall–Kier alpha value is -3.78. The number of nitrogens with zero attached hydrogens (tertiary/aromatic N) is 6. The molecule has 1 fully saturated rings. The highest BCUT2D eigenvalue weighted by molar-refractivity contribution is 5.63. The fraction of sp³-hybridized carbons (Fsp3) is 0.308. The van der Waals surface area contributed by atoms with E-state index in [1.165, 1.54) is 0 Å². The normalized spacial score (nSPS) is 14.3. The quantitative estimate of drug-likeness (QED) is 0.458. The summed E-state index contributed by atoms with van der Waals surface area (Å²) in [4.78, 5) is 15.7. The maximum absolute atomic E-state index is 10.3. The standard InChI is InChI=1S/C26H29N7O/c1-32(2)25-7-6-24(34)23(31-25)13-18-4-3-5-19(12-18)26-28-14-20(15-29-26)21-16-30-33(17-21)22-8-10-27-11-9-22/h3-7,12,14-17,22,27,34H,8-11,13H2,1-2H3. The van der Waals surface area contributed by atoms with E-state index in [4.69, 9.17) is 0 Å². The number of piperidine rings is 1. The van der Waals surface area contributed by atoms with Crippen LogP contribution in [0.1, 0.15) is 30.1 Å². The van der Waals surface area contributed by atoms with Gasteiger partial charge in [0.15, 0.2) is 5.82 Å². The molecule has 0 spiro atoms. The van der Waals surface area contributed by atoms with Gasteiger partial charge in [0.1, 0.15) is 11.6 Å². The lowest BCUT2D eigenvalue weighted by atomic mass is 10.0. The second kappa shape index (κ2) is 9.61. The summed E-state index contributed by atoms with van der Waals surface area (Å²) >= 11 is 0. The molecule has 1 aromatic carbocycles. The van der Waals surface area contributed by atoms with E-state index in [0.29, 0.717) is 24.0 Å². The molecule has 0 unspecified atom stereocenters. The van der Waals surface area contributed by atoms with Crippen LogP contribution in [-0.2, 0) is 6.42 Å². The molecule has 1 aliphatic heterocycles. The Balaban J connectivity index is 1.33. The second-order valence-electron chi connectivity index (χ2n) is 8.89. The summed E-state index contributed by atoms with van der Waals surface area (Å²) in [6, 6.07) is 12.0. The van der Waals surface area contributed by atoms with E-state index < -0.39 is 0 Å². The van der Waals surface area contributed by atoms with Crippen molar-refractivity contribution in [2.75, 3.05) is 32.1 Å². The number of aromatic nitrogens is 5. The number of pyridine rings is 1. The molecule has 8 heteroatoms. The number of hydrogen-bond acceptors (Lipinski definition) is 7. The van der Waals surface area contributed by atoms with Crippen molar-refractivity contribution in [3.8, 4) is 28.3 Å². The Bertz CT molecular complexity index is 1260. The summed E-state index contributed by atoms with van der Waals surface area (Å²) in [7, 11) is 3.87. The monoisotopic (exact) mass is 455 g/mol. The smallest absolute Gasteiger partial charge is 0.159 e. The van der Waals surface area contributed by atoms with Crippen LogP contribution in [0.5, 0.6) is 5.75 Å². The highest BCUT2D eigenvalue weighted by atomic mass is 16.3. The van der Waals surface area contributed by atoms with Gasteiger partial charge in [0.05, 0.1) is 17.9 Å². The van der Waals surface area contributed by atoms with Crippen LogP contribution in [0.2, 0.25) is 0 Å². The van der Waals surface area contributed by atoms with Crippen LogP contribution in [0.25, 0.3) is 22.5 Å². The van der Waals surface area contributed by atoms with Gasteiger partial charge in [-0.15, -0.1) is 0 Å². The molecule has 8 nitrogen and oxygen atoms in total. The number of aromatic hydroxyl groups is 1. The summed E-state index contributed by atoms with van der Waals surface area (Å²) in [6.45, 7) is 2.07. The molecule has 174 valence electrons. The lowest BCUT2D eigenvalue weighted by molar-refractivity contribution is 0.343. The van der Waals surface area contributed by atoms with E-state index in [1.807, 2.05) is 61.9 Å². The maximum atomic E-state index is 10.3. The lowest BCUT2D eigenvalue weighted by Gasteiger charge is -2.22. The molecule has 0 amide bonds. The van der Waals surface area contributed by atoms with E-state index in [-0.39, 0.29) is 5.75 Å². The van der Waals surface area contributed by atoms with Gasteiger partial charge in [-0.25, -0.2) is 15.0 Å². The maximum Gasteiger partial charge on any atom is 0.159 e. The molecule has 0 saturated carbocycles. The van der Waals surface area contributed by atoms with Gasteiger partial charge >= 0.3 is 0 Å². The SMILES string of the molecule is CN(C)c1ccc(O)c(Cc2cccc(-c3ncc(-c4cnn(C5CCNCC5)c4)cn3)c2)n1. The molecular weight excluding hydrogens is 426 g/mol. The van der Waals surface area contributed by atoms with Gasteiger partial charge in [-0.3, -0.25) is 4.68 Å². The Morgan fingerprint density at radius 2 is 1.79 bits per heavy atom. The average molecular weight is 456 g/mol. The Kier molecular flexibility index (Phi) is 6.22. The predicted molar refractivity (Wildman–Crippen MR) is 133 cm³/mol. The van der Waals surface area contributed by atoms with Crippen LogP contribution in [0.15, 0.2) is 61.2 Å². The van der Waals surface area contributed by atoms with Crippen molar-refractivity contribution in [2.24, 2.45) is 0 Å². The average Bonchev–Trinajstić information content (AvgIpc) is 3.37. The van der Waals surface area contributed by atoms with Crippen molar-refractivity contribution in [3.05, 3.63) is 72.4 Å². The first-order valence-corrected chi connectivity index (χ1v) is 11.6. The van der Waals surface area contributed by atoms with Crippen molar-refractivity contribution in [1.82, 2.24) is 30.0 Å². The zero-order valence-electron chi connectivity index (χ0n) is 19.5. The minimum absolute atomic E-state index is 0.196. The van der Waals surface area contributed by atoms with Crippen molar-refractivity contribution in [3.63, 3.8) is 0 Å². The molecule has 0 bridgehead atoms. The molecule has 1 aliphatic rings. The number of nitrogens with one attached hydrogen (secondary N) is 1. The van der Waals surface area contributed by atoms with E-state index in [0.717, 1.165) is 54.0 Å². The third-order valence-electron chi connectivity index (χ3n) is 6.22. The topological polar surface area (TPSA) is 92.0 Å². The van der Waals surface area contributed by atoms with Gasteiger partial charge < -0.3 is 15.3 Å². The third-order valence-corrected chi connectivity index (χ3v) is 6.22. The van der Waals surface area contributed by atoms with Crippen LogP contribution in [0, 0.1) is 0 Å². The fourth-order valence-corrected chi connectivity index (χ4v) is 4.26. The van der Waals surface area contributed by atoms with Crippen LogP contribution in [-0.4, -0.2) is 57.0 Å². The summed E-state index contributed by atoms with van der Waals surface area (Å²) in [6.07, 6.45) is 10.4. The van der Waals surface area contributed by atoms with Crippen molar-refractivity contribution in [2.45, 2.75) is 25.3 Å². The number of hydrogen-bond donors (Lipinski definition) is 2. The van der Waals surface area contributed by atoms with E-state index in [1.54, 1.807) is 12.1 Å². The molecule has 34 heavy (non-hydrogen) atoms. The van der Waals surface area contributed by atoms with Crippen molar-refractivity contribution in [1.29, 1.82) is 0 Å². The molecule has 0 radical (unpaired) electrons. The molecule has 4 aromatic rings. The molecule has 2 N–H and O–H groups in total. The van der Waals surface area contributed by atoms with Crippen molar-refractivity contribution < 1.29 is 5.11 Å². The second-order valence-corrected chi connectivity index (χ2v) is 8.89. The fourth-order valence-electron chi connectivity index (χ4n) is 4.26. The first-order chi connectivity index (χ1) is 16.6. The Morgan fingerprint density at radius 1 is 1.00 bits per heavy atom. The first-order valence-electron chi connectivity index (χ1n) is 11.6. The largest absolute Gasteiger partial charge is 0.506 e. The Labute approximate surface area is 199 Å². The van der Waals surface area contributed by atoms with Gasteiger partial charge in [0.25, 0.3) is 0 Å². The molecular formula is C26H29N7O. The number of rotatable bonds is 6. The van der Waals surface area contributed by atoms with E-state index in [9.17, 15) is 5.11 Å². The van der Waals surface area contributed by atoms with Gasteiger partial charge in [0.2, 0.25) is 0 Å². The summed E-state index contributed by atoms with van der Waals surface area (Å²) in [5.74, 6) is 1.67. The molecule has 5 rings (SSSR count). The minimum Gasteiger partial charge on any atom is -0.506 e. The van der Waals surface area contributed by atoms with Crippen LogP contribution in [0.4, 0.5) is 5.82 Å². The van der Waals surface area contributed by atoms with Gasteiger partial charge in [0, 0.05) is 55.8 Å². The molecule has 0 aliphatic carbocycles. The van der Waals surface area contributed by atoms with Crippen LogP contribution < -0.4 is 10.2 Å². The van der Waals surface area contributed by atoms with Crippen LogP contribution >= 0.6 is 0 Å². The Morgan fingerprint density at radius 3 is 2.56 bits per heavy atom. The highest BCUT2D eigenvalue weighted by Gasteiger charge is 2.16. The molecule has 4 heterocycles. The third kappa shape index (κ3) is 4.77. The number of benzene rings is 1. The molecule has 1 saturated heterocycles. The minimum atomic E-state index is 0.196. The predicted octanol–water partition coefficient (Wildman–Crippen LogP) is 3.69. The van der Waals surface area contributed by atoms with Gasteiger partial charge in [-0.2, -0.15) is 5.10 Å². The first kappa shape index (κ1) is 22.0. The van der Waals surface area contributed by atoms with Gasteiger partial charge in [-0.1, -0.05) is 18.2 Å². The lowest BCUT2D eigenvalue weighted by Crippen LogP contribution is -2.29. The number of anilines is 1. The highest BCUT2D eigenvalue weighted by Crippen LogP contribution is 2.26. The van der Waals surface area contributed by atoms with Crippen LogP contribution in [0.3, 0.4) is 0 Å². The molecule has 0 atom stereocenters. The zero-order chi connectivity index (χ0) is 23.5. The zero-order valence-corrected chi connectivity index (χ0v) is 19.5. The van der Waals surface area contributed by atoms with Gasteiger partial charge in [-0.05, 0) is 49.7 Å². The van der Waals surface area contributed by atoms with E-state index >= 15 is 0 Å².